The molecule has 1 fully saturated rings. The normalized spacial score (nSPS) is 24.9. The summed E-state index contributed by atoms with van der Waals surface area (Å²) in [4.78, 5) is 2.56. The minimum Gasteiger partial charge on any atom is -0.468 e. The quantitative estimate of drug-likeness (QED) is 0.870. The zero-order valence-corrected chi connectivity index (χ0v) is 11.9. The van der Waals surface area contributed by atoms with Gasteiger partial charge in [-0.2, -0.15) is 0 Å². The number of piperidine rings is 1. The van der Waals surface area contributed by atoms with Crippen LogP contribution in [0.1, 0.15) is 45.4 Å². The van der Waals surface area contributed by atoms with E-state index in [-0.39, 0.29) is 0 Å². The van der Waals surface area contributed by atoms with E-state index < -0.39 is 0 Å². The molecule has 1 saturated heterocycles. The van der Waals surface area contributed by atoms with E-state index >= 15 is 0 Å². The number of hydrogen-bond acceptors (Lipinski definition) is 3. The van der Waals surface area contributed by atoms with Crippen molar-refractivity contribution in [1.29, 1.82) is 0 Å². The largest absolute Gasteiger partial charge is 0.468 e. The number of nitrogens with zero attached hydrogens (tertiary/aromatic N) is 1. The van der Waals surface area contributed by atoms with E-state index in [4.69, 9.17) is 4.42 Å². The monoisotopic (exact) mass is 250 g/mol. The standard InChI is InChI=1S/C15H26N2O/c1-4-17-9-5-7-14(11-17)12(2)16-13(3)15-8-6-10-18-15/h6,8,10,12-14,16H,4-5,7,9,11H2,1-3H3/t12?,13-,14?/m1/s1. The molecule has 2 unspecified atom stereocenters. The Balaban J connectivity index is 1.85. The second-order valence-corrected chi connectivity index (χ2v) is 5.49. The highest BCUT2D eigenvalue weighted by Crippen LogP contribution is 2.22. The molecule has 1 aliphatic heterocycles. The van der Waals surface area contributed by atoms with Gasteiger partial charge in [-0.05, 0) is 57.8 Å². The molecule has 0 aromatic carbocycles. The van der Waals surface area contributed by atoms with E-state index in [9.17, 15) is 0 Å². The molecule has 2 rings (SSSR count). The third kappa shape index (κ3) is 3.36. The summed E-state index contributed by atoms with van der Waals surface area (Å²) in [5.74, 6) is 1.79. The minimum atomic E-state index is 0.298. The number of nitrogens with one attached hydrogen (secondary N) is 1. The van der Waals surface area contributed by atoms with Crippen LogP contribution in [0.2, 0.25) is 0 Å². The van der Waals surface area contributed by atoms with Gasteiger partial charge in [0.2, 0.25) is 0 Å². The highest BCUT2D eigenvalue weighted by atomic mass is 16.3. The molecule has 1 aliphatic rings. The molecule has 2 heterocycles. The summed E-state index contributed by atoms with van der Waals surface area (Å²) < 4.78 is 5.45. The lowest BCUT2D eigenvalue weighted by Gasteiger charge is -2.36. The van der Waals surface area contributed by atoms with Crippen LogP contribution in [-0.4, -0.2) is 30.6 Å². The Morgan fingerprint density at radius 3 is 3.00 bits per heavy atom. The molecular weight excluding hydrogens is 224 g/mol. The van der Waals surface area contributed by atoms with Crippen LogP contribution in [0.3, 0.4) is 0 Å². The van der Waals surface area contributed by atoms with Gasteiger partial charge in [0, 0.05) is 12.6 Å². The summed E-state index contributed by atoms with van der Waals surface area (Å²) in [6.45, 7) is 10.4. The van der Waals surface area contributed by atoms with Gasteiger partial charge in [-0.3, -0.25) is 0 Å². The highest BCUT2D eigenvalue weighted by molar-refractivity contribution is 5.03. The maximum Gasteiger partial charge on any atom is 0.120 e. The predicted octanol–water partition coefficient (Wildman–Crippen LogP) is 3.05. The molecule has 1 N–H and O–H groups in total. The van der Waals surface area contributed by atoms with E-state index in [1.54, 1.807) is 6.26 Å². The molecule has 1 aromatic heterocycles. The SMILES string of the molecule is CCN1CCCC(C(C)N[C@H](C)c2ccco2)C1. The molecule has 102 valence electrons. The molecule has 1 aromatic rings. The Morgan fingerprint density at radius 2 is 2.33 bits per heavy atom. The lowest BCUT2D eigenvalue weighted by molar-refractivity contribution is 0.152. The summed E-state index contributed by atoms with van der Waals surface area (Å²) in [6, 6.07) is 4.84. The minimum absolute atomic E-state index is 0.298. The van der Waals surface area contributed by atoms with Gasteiger partial charge in [0.1, 0.15) is 5.76 Å². The van der Waals surface area contributed by atoms with E-state index in [0.717, 1.165) is 11.7 Å². The third-order valence-corrected chi connectivity index (χ3v) is 4.18. The Kier molecular flexibility index (Phi) is 4.84. The Hall–Kier alpha value is -0.800. The lowest BCUT2D eigenvalue weighted by Crippen LogP contribution is -2.44. The first kappa shape index (κ1) is 13.6. The van der Waals surface area contributed by atoms with Crippen LogP contribution in [0.4, 0.5) is 0 Å². The number of hydrogen-bond donors (Lipinski definition) is 1. The van der Waals surface area contributed by atoms with Gasteiger partial charge >= 0.3 is 0 Å². The fourth-order valence-electron chi connectivity index (χ4n) is 2.94. The van der Waals surface area contributed by atoms with E-state index in [1.165, 1.54) is 32.5 Å². The summed E-state index contributed by atoms with van der Waals surface area (Å²) in [5, 5.41) is 3.68. The summed E-state index contributed by atoms with van der Waals surface area (Å²) in [7, 11) is 0. The Labute approximate surface area is 111 Å². The van der Waals surface area contributed by atoms with Crippen LogP contribution >= 0.6 is 0 Å². The van der Waals surface area contributed by atoms with Crippen molar-refractivity contribution in [3.05, 3.63) is 24.2 Å². The zero-order chi connectivity index (χ0) is 13.0. The van der Waals surface area contributed by atoms with E-state index in [0.29, 0.717) is 12.1 Å². The first-order chi connectivity index (χ1) is 8.70. The van der Waals surface area contributed by atoms with Gasteiger partial charge in [-0.25, -0.2) is 0 Å². The molecule has 3 heteroatoms. The van der Waals surface area contributed by atoms with Gasteiger partial charge in [-0.15, -0.1) is 0 Å². The van der Waals surface area contributed by atoms with Crippen molar-refractivity contribution in [2.75, 3.05) is 19.6 Å². The maximum atomic E-state index is 5.45. The van der Waals surface area contributed by atoms with Gasteiger partial charge in [-0.1, -0.05) is 6.92 Å². The van der Waals surface area contributed by atoms with Crippen molar-refractivity contribution in [2.45, 2.75) is 45.7 Å². The molecule has 0 amide bonds. The van der Waals surface area contributed by atoms with Crippen molar-refractivity contribution in [2.24, 2.45) is 5.92 Å². The Morgan fingerprint density at radius 1 is 1.50 bits per heavy atom. The molecule has 3 atom stereocenters. The van der Waals surface area contributed by atoms with Crippen molar-refractivity contribution in [3.8, 4) is 0 Å². The van der Waals surface area contributed by atoms with Gasteiger partial charge in [0.15, 0.2) is 0 Å². The molecule has 0 bridgehead atoms. The fourth-order valence-corrected chi connectivity index (χ4v) is 2.94. The summed E-state index contributed by atoms with van der Waals surface area (Å²) in [6.07, 6.45) is 4.42. The smallest absolute Gasteiger partial charge is 0.120 e. The number of furan rings is 1. The highest BCUT2D eigenvalue weighted by Gasteiger charge is 2.25. The summed E-state index contributed by atoms with van der Waals surface area (Å²) in [5.41, 5.74) is 0. The number of likely N-dealkylation sites (tertiary alicyclic amines) is 1. The van der Waals surface area contributed by atoms with Crippen LogP contribution in [0.25, 0.3) is 0 Å². The van der Waals surface area contributed by atoms with Gasteiger partial charge in [0.25, 0.3) is 0 Å². The summed E-state index contributed by atoms with van der Waals surface area (Å²) >= 11 is 0. The average Bonchev–Trinajstić information content (AvgIpc) is 2.92. The van der Waals surface area contributed by atoms with Crippen LogP contribution in [0.15, 0.2) is 22.8 Å². The van der Waals surface area contributed by atoms with Gasteiger partial charge < -0.3 is 14.6 Å². The molecule has 0 radical (unpaired) electrons. The van der Waals surface area contributed by atoms with Crippen molar-refractivity contribution >= 4 is 0 Å². The van der Waals surface area contributed by atoms with Gasteiger partial charge in [0.05, 0.1) is 12.3 Å². The fraction of sp³-hybridized carbons (Fsp3) is 0.733. The van der Waals surface area contributed by atoms with E-state index in [2.05, 4.69) is 31.0 Å². The van der Waals surface area contributed by atoms with Crippen LogP contribution in [0.5, 0.6) is 0 Å². The topological polar surface area (TPSA) is 28.4 Å². The molecule has 3 nitrogen and oxygen atoms in total. The average molecular weight is 250 g/mol. The lowest BCUT2D eigenvalue weighted by atomic mass is 9.91. The van der Waals surface area contributed by atoms with Crippen molar-refractivity contribution < 1.29 is 4.42 Å². The molecule has 18 heavy (non-hydrogen) atoms. The maximum absolute atomic E-state index is 5.45. The van der Waals surface area contributed by atoms with Crippen molar-refractivity contribution in [1.82, 2.24) is 10.2 Å². The van der Waals surface area contributed by atoms with Crippen molar-refractivity contribution in [3.63, 3.8) is 0 Å². The Bertz CT molecular complexity index is 336. The third-order valence-electron chi connectivity index (χ3n) is 4.18. The second-order valence-electron chi connectivity index (χ2n) is 5.49. The van der Waals surface area contributed by atoms with Crippen LogP contribution < -0.4 is 5.32 Å². The first-order valence-electron chi connectivity index (χ1n) is 7.22. The molecule has 0 saturated carbocycles. The first-order valence-corrected chi connectivity index (χ1v) is 7.22. The second kappa shape index (κ2) is 6.39. The van der Waals surface area contributed by atoms with Crippen LogP contribution in [0, 0.1) is 5.92 Å². The zero-order valence-electron chi connectivity index (χ0n) is 11.9. The predicted molar refractivity (Wildman–Crippen MR) is 74.6 cm³/mol. The van der Waals surface area contributed by atoms with E-state index in [1.807, 2.05) is 12.1 Å². The molecule has 0 aliphatic carbocycles. The van der Waals surface area contributed by atoms with Crippen LogP contribution in [-0.2, 0) is 0 Å². The molecule has 0 spiro atoms. The number of rotatable bonds is 5. The molecular formula is C15H26N2O.